The first-order chi connectivity index (χ1) is 7.87. The van der Waals surface area contributed by atoms with Crippen molar-refractivity contribution in [3.05, 3.63) is 0 Å². The van der Waals surface area contributed by atoms with E-state index in [1.165, 1.54) is 0 Å². The topological polar surface area (TPSA) is 49.3 Å². The summed E-state index contributed by atoms with van der Waals surface area (Å²) in [5.41, 5.74) is -0.374. The van der Waals surface area contributed by atoms with Crippen molar-refractivity contribution in [2.75, 3.05) is 12.4 Å². The molecule has 0 saturated heterocycles. The lowest BCUT2D eigenvalue weighted by molar-refractivity contribution is -0.123. The largest absolute Gasteiger partial charge is 0.388 e. The van der Waals surface area contributed by atoms with Gasteiger partial charge in [0.15, 0.2) is 0 Å². The van der Waals surface area contributed by atoms with Crippen LogP contribution in [-0.4, -0.2) is 29.0 Å². The second kappa shape index (κ2) is 6.05. The van der Waals surface area contributed by atoms with Crippen LogP contribution in [0, 0.1) is 5.41 Å². The minimum atomic E-state index is -0.702. The van der Waals surface area contributed by atoms with Crippen molar-refractivity contribution in [1.29, 1.82) is 0 Å². The molecule has 0 aliphatic heterocycles. The van der Waals surface area contributed by atoms with E-state index in [1.807, 2.05) is 0 Å². The van der Waals surface area contributed by atoms with Gasteiger partial charge in [0, 0.05) is 18.8 Å². The van der Waals surface area contributed by atoms with Crippen molar-refractivity contribution in [2.24, 2.45) is 5.41 Å². The first-order valence-corrected chi connectivity index (χ1v) is 6.95. The lowest BCUT2D eigenvalue weighted by atomic mass is 9.71. The van der Waals surface area contributed by atoms with Crippen molar-refractivity contribution in [1.82, 2.24) is 5.32 Å². The number of carbonyl (C=O) groups is 1. The van der Waals surface area contributed by atoms with Gasteiger partial charge in [-0.15, -0.1) is 11.6 Å². The number of halogens is 1. The lowest BCUT2D eigenvalue weighted by Gasteiger charge is -2.40. The number of amides is 1. The molecular weight excluding hydrogens is 238 g/mol. The van der Waals surface area contributed by atoms with Crippen LogP contribution in [0.3, 0.4) is 0 Å². The van der Waals surface area contributed by atoms with Crippen LogP contribution in [0.25, 0.3) is 0 Å². The van der Waals surface area contributed by atoms with Gasteiger partial charge < -0.3 is 10.4 Å². The van der Waals surface area contributed by atoms with Crippen LogP contribution in [0.4, 0.5) is 0 Å². The number of aliphatic hydroxyl groups is 1. The summed E-state index contributed by atoms with van der Waals surface area (Å²) in [4.78, 5) is 11.4. The molecule has 1 amide bonds. The Morgan fingerprint density at radius 2 is 1.88 bits per heavy atom. The van der Waals surface area contributed by atoms with Crippen LogP contribution in [0.2, 0.25) is 0 Å². The number of alkyl halides is 1. The van der Waals surface area contributed by atoms with Gasteiger partial charge in [-0.1, -0.05) is 13.8 Å². The van der Waals surface area contributed by atoms with Crippen molar-refractivity contribution in [3.63, 3.8) is 0 Å². The summed E-state index contributed by atoms with van der Waals surface area (Å²) in [5, 5.41) is 13.1. The van der Waals surface area contributed by atoms with Crippen LogP contribution in [-0.2, 0) is 4.79 Å². The van der Waals surface area contributed by atoms with E-state index in [0.717, 1.165) is 25.7 Å². The maximum absolute atomic E-state index is 11.4. The summed E-state index contributed by atoms with van der Waals surface area (Å²) >= 11 is 5.52. The second-order valence-corrected chi connectivity index (χ2v) is 6.34. The average molecular weight is 262 g/mol. The molecule has 0 unspecified atom stereocenters. The molecule has 0 aromatic heterocycles. The quantitative estimate of drug-likeness (QED) is 0.747. The van der Waals surface area contributed by atoms with E-state index in [1.54, 1.807) is 0 Å². The fourth-order valence-electron chi connectivity index (χ4n) is 2.15. The minimum Gasteiger partial charge on any atom is -0.388 e. The normalized spacial score (nSPS) is 22.1. The summed E-state index contributed by atoms with van der Waals surface area (Å²) < 4.78 is 0. The Morgan fingerprint density at radius 1 is 1.29 bits per heavy atom. The summed E-state index contributed by atoms with van der Waals surface area (Å²) in [7, 11) is 0. The molecule has 0 radical (unpaired) electrons. The Morgan fingerprint density at radius 3 is 2.41 bits per heavy atom. The summed E-state index contributed by atoms with van der Waals surface area (Å²) in [5.74, 6) is 0.496. The molecule has 2 N–H and O–H groups in total. The van der Waals surface area contributed by atoms with Crippen molar-refractivity contribution < 1.29 is 9.90 Å². The first kappa shape index (κ1) is 14.8. The van der Waals surface area contributed by atoms with E-state index in [2.05, 4.69) is 19.2 Å². The molecule has 1 aliphatic carbocycles. The van der Waals surface area contributed by atoms with E-state index in [4.69, 9.17) is 11.6 Å². The second-order valence-electron chi connectivity index (χ2n) is 5.96. The molecule has 4 heteroatoms. The molecule has 0 spiro atoms. The van der Waals surface area contributed by atoms with E-state index >= 15 is 0 Å². The number of rotatable bonds is 5. The molecule has 1 aliphatic rings. The lowest BCUT2D eigenvalue weighted by Crippen LogP contribution is -2.46. The van der Waals surface area contributed by atoms with Crippen molar-refractivity contribution in [2.45, 2.75) is 58.0 Å². The van der Waals surface area contributed by atoms with Crippen LogP contribution in [0.5, 0.6) is 0 Å². The third kappa shape index (κ3) is 5.26. The zero-order chi connectivity index (χ0) is 12.9. The standard InChI is InChI=1S/C13H24ClNO2/c1-12(2)5-7-13(17,8-6-12)10-15-11(16)4-3-9-14/h17H,3-10H2,1-2H3,(H,15,16). The van der Waals surface area contributed by atoms with E-state index in [9.17, 15) is 9.90 Å². The zero-order valence-electron chi connectivity index (χ0n) is 10.9. The SMILES string of the molecule is CC1(C)CCC(O)(CNC(=O)CCCCl)CC1. The van der Waals surface area contributed by atoms with Gasteiger partial charge in [0.2, 0.25) is 5.91 Å². The fraction of sp³-hybridized carbons (Fsp3) is 0.923. The molecule has 1 saturated carbocycles. The number of hydrogen-bond acceptors (Lipinski definition) is 2. The highest BCUT2D eigenvalue weighted by atomic mass is 35.5. The number of carbonyl (C=O) groups excluding carboxylic acids is 1. The maximum Gasteiger partial charge on any atom is 0.220 e. The minimum absolute atomic E-state index is 0.0103. The Kier molecular flexibility index (Phi) is 5.26. The van der Waals surface area contributed by atoms with E-state index < -0.39 is 5.60 Å². The predicted octanol–water partition coefficient (Wildman–Crippen LogP) is 2.45. The van der Waals surface area contributed by atoms with Crippen molar-refractivity contribution in [3.8, 4) is 0 Å². The smallest absolute Gasteiger partial charge is 0.220 e. The predicted molar refractivity (Wildman–Crippen MR) is 70.2 cm³/mol. The Bertz CT molecular complexity index is 256. The molecule has 0 atom stereocenters. The van der Waals surface area contributed by atoms with Gasteiger partial charge in [0.25, 0.3) is 0 Å². The van der Waals surface area contributed by atoms with Gasteiger partial charge in [-0.3, -0.25) is 4.79 Å². The van der Waals surface area contributed by atoms with E-state index in [-0.39, 0.29) is 5.91 Å². The average Bonchev–Trinajstić information content (AvgIpc) is 2.29. The van der Waals surface area contributed by atoms with Gasteiger partial charge in [0.1, 0.15) is 0 Å². The zero-order valence-corrected chi connectivity index (χ0v) is 11.6. The highest BCUT2D eigenvalue weighted by Gasteiger charge is 2.36. The van der Waals surface area contributed by atoms with Gasteiger partial charge in [-0.25, -0.2) is 0 Å². The highest BCUT2D eigenvalue weighted by Crippen LogP contribution is 2.39. The molecule has 17 heavy (non-hydrogen) atoms. The van der Waals surface area contributed by atoms with Gasteiger partial charge in [-0.2, -0.15) is 0 Å². The molecule has 3 nitrogen and oxygen atoms in total. The third-order valence-electron chi connectivity index (χ3n) is 3.69. The summed E-state index contributed by atoms with van der Waals surface area (Å²) in [6, 6.07) is 0. The van der Waals surface area contributed by atoms with Gasteiger partial charge >= 0.3 is 0 Å². The molecule has 0 heterocycles. The van der Waals surface area contributed by atoms with Crippen LogP contribution >= 0.6 is 11.6 Å². The molecule has 0 bridgehead atoms. The van der Waals surface area contributed by atoms with Gasteiger partial charge in [-0.05, 0) is 37.5 Å². The summed E-state index contributed by atoms with van der Waals surface area (Å²) in [6.07, 6.45) is 4.72. The fourth-order valence-corrected chi connectivity index (χ4v) is 2.28. The Labute approximate surface area is 109 Å². The Balaban J connectivity index is 2.29. The summed E-state index contributed by atoms with van der Waals surface area (Å²) in [6.45, 7) is 4.83. The highest BCUT2D eigenvalue weighted by molar-refractivity contribution is 6.17. The third-order valence-corrected chi connectivity index (χ3v) is 3.95. The molecule has 1 rings (SSSR count). The van der Waals surface area contributed by atoms with E-state index in [0.29, 0.717) is 30.7 Å². The molecular formula is C13H24ClNO2. The monoisotopic (exact) mass is 261 g/mol. The first-order valence-electron chi connectivity index (χ1n) is 6.42. The molecule has 0 aromatic rings. The molecule has 1 fully saturated rings. The van der Waals surface area contributed by atoms with Crippen LogP contribution < -0.4 is 5.32 Å². The van der Waals surface area contributed by atoms with Crippen molar-refractivity contribution >= 4 is 17.5 Å². The molecule has 0 aromatic carbocycles. The number of nitrogens with one attached hydrogen (secondary N) is 1. The Hall–Kier alpha value is -0.280. The number of hydrogen-bond donors (Lipinski definition) is 2. The maximum atomic E-state index is 11.4. The van der Waals surface area contributed by atoms with Gasteiger partial charge in [0.05, 0.1) is 5.60 Å². The molecule has 100 valence electrons. The van der Waals surface area contributed by atoms with Crippen LogP contribution in [0.15, 0.2) is 0 Å². The van der Waals surface area contributed by atoms with Crippen LogP contribution in [0.1, 0.15) is 52.4 Å².